The second kappa shape index (κ2) is 9.66. The summed E-state index contributed by atoms with van der Waals surface area (Å²) < 4.78 is 1.12. The molecule has 6 heteroatoms. The Kier molecular flexibility index (Phi) is 6.76. The molecule has 0 aliphatic carbocycles. The van der Waals surface area contributed by atoms with E-state index in [1.807, 2.05) is 80.6 Å². The molecule has 2 aromatic carbocycles. The van der Waals surface area contributed by atoms with Crippen LogP contribution in [0.4, 0.5) is 5.69 Å². The minimum absolute atomic E-state index is 0.0754. The molecule has 30 heavy (non-hydrogen) atoms. The van der Waals surface area contributed by atoms with Crippen molar-refractivity contribution in [1.82, 2.24) is 9.78 Å². The van der Waals surface area contributed by atoms with E-state index in [0.29, 0.717) is 30.6 Å². The summed E-state index contributed by atoms with van der Waals surface area (Å²) in [6, 6.07) is 21.0. The molecule has 0 N–H and O–H groups in total. The maximum Gasteiger partial charge on any atom is 0.285 e. The number of hydrogen-bond acceptors (Lipinski definition) is 4. The summed E-state index contributed by atoms with van der Waals surface area (Å²) in [4.78, 5) is 27.7. The van der Waals surface area contributed by atoms with Crippen molar-refractivity contribution >= 4 is 11.6 Å². The van der Waals surface area contributed by atoms with Crippen LogP contribution in [0.3, 0.4) is 0 Å². The summed E-state index contributed by atoms with van der Waals surface area (Å²) in [7, 11) is 0. The summed E-state index contributed by atoms with van der Waals surface area (Å²) in [6.45, 7) is 3.96. The third kappa shape index (κ3) is 4.47. The van der Waals surface area contributed by atoms with E-state index in [-0.39, 0.29) is 18.0 Å². The molecule has 3 aromatic rings. The number of hydrogen-bond donors (Lipinski definition) is 0. The number of carbonyl (C=O) groups excluding carboxylic acids is 1. The lowest BCUT2D eigenvalue weighted by Gasteiger charge is -2.23. The number of aromatic nitrogens is 2. The highest BCUT2D eigenvalue weighted by Crippen LogP contribution is 2.18. The Balaban J connectivity index is 1.99. The summed E-state index contributed by atoms with van der Waals surface area (Å²) in [6.07, 6.45) is 1.13. The molecule has 0 spiro atoms. The van der Waals surface area contributed by atoms with Gasteiger partial charge in [0, 0.05) is 5.69 Å². The molecule has 3 rings (SSSR count). The molecule has 0 saturated carbocycles. The van der Waals surface area contributed by atoms with Crippen molar-refractivity contribution in [3.63, 3.8) is 0 Å². The molecule has 0 unspecified atom stereocenters. The molecule has 0 bridgehead atoms. The lowest BCUT2D eigenvalue weighted by atomic mass is 10.0. The lowest BCUT2D eigenvalue weighted by Crippen LogP contribution is -2.38. The average Bonchev–Trinajstić information content (AvgIpc) is 2.79. The lowest BCUT2D eigenvalue weighted by molar-refractivity contribution is -0.119. The van der Waals surface area contributed by atoms with Gasteiger partial charge in [-0.1, -0.05) is 62.4 Å². The Morgan fingerprint density at radius 1 is 1.03 bits per heavy atom. The van der Waals surface area contributed by atoms with Gasteiger partial charge in [0.05, 0.1) is 12.2 Å². The normalized spacial score (nSPS) is 10.4. The largest absolute Gasteiger partial charge is 0.306 e. The highest BCUT2D eigenvalue weighted by molar-refractivity contribution is 5.93. The summed E-state index contributed by atoms with van der Waals surface area (Å²) in [5.41, 5.74) is 2.61. The topological polar surface area (TPSA) is 79.0 Å². The molecular weight excluding hydrogens is 376 g/mol. The summed E-state index contributed by atoms with van der Waals surface area (Å²) >= 11 is 0. The third-order valence-corrected chi connectivity index (χ3v) is 4.98. The number of carbonyl (C=O) groups is 1. The van der Waals surface area contributed by atoms with Crippen molar-refractivity contribution in [2.45, 2.75) is 39.8 Å². The fourth-order valence-electron chi connectivity index (χ4n) is 3.45. The van der Waals surface area contributed by atoms with Crippen LogP contribution >= 0.6 is 0 Å². The van der Waals surface area contributed by atoms with Crippen LogP contribution in [0, 0.1) is 11.3 Å². The van der Waals surface area contributed by atoms with E-state index in [0.717, 1.165) is 15.9 Å². The Labute approximate surface area is 176 Å². The van der Waals surface area contributed by atoms with Gasteiger partial charge in [-0.25, -0.2) is 4.68 Å². The fourth-order valence-corrected chi connectivity index (χ4v) is 3.45. The van der Waals surface area contributed by atoms with Crippen LogP contribution in [-0.2, 0) is 30.7 Å². The van der Waals surface area contributed by atoms with E-state index in [9.17, 15) is 14.9 Å². The number of nitriles is 1. The van der Waals surface area contributed by atoms with Crippen LogP contribution in [-0.4, -0.2) is 15.7 Å². The molecule has 6 nitrogen and oxygen atoms in total. The van der Waals surface area contributed by atoms with Crippen LogP contribution in [0.2, 0.25) is 0 Å². The Morgan fingerprint density at radius 2 is 1.67 bits per heavy atom. The van der Waals surface area contributed by atoms with Gasteiger partial charge in [-0.05, 0) is 36.1 Å². The number of nitrogens with zero attached hydrogens (tertiary/aromatic N) is 4. The van der Waals surface area contributed by atoms with Crippen molar-refractivity contribution in [2.24, 2.45) is 0 Å². The fraction of sp³-hybridized carbons (Fsp3) is 0.250. The maximum absolute atomic E-state index is 13.3. The number of benzene rings is 2. The number of rotatable bonds is 7. The van der Waals surface area contributed by atoms with Crippen molar-refractivity contribution in [3.8, 4) is 6.07 Å². The van der Waals surface area contributed by atoms with E-state index in [1.165, 1.54) is 0 Å². The zero-order valence-electron chi connectivity index (χ0n) is 17.2. The molecule has 1 heterocycles. The van der Waals surface area contributed by atoms with Gasteiger partial charge in [-0.15, -0.1) is 0 Å². The van der Waals surface area contributed by atoms with Gasteiger partial charge in [0.15, 0.2) is 0 Å². The standard InChI is InChI=1S/C24H24N4O2/c1-3-20-21(15-25)24(30)28(26-22(20)4-2)17-23(29)27(19-13-9-6-10-14-19)16-18-11-7-5-8-12-18/h5-14H,3-4,16-17H2,1-2H3. The van der Waals surface area contributed by atoms with Gasteiger partial charge < -0.3 is 4.90 Å². The number of anilines is 1. The second-order valence-electron chi connectivity index (χ2n) is 6.88. The van der Waals surface area contributed by atoms with Gasteiger partial charge in [0.2, 0.25) is 5.91 Å². The minimum Gasteiger partial charge on any atom is -0.306 e. The highest BCUT2D eigenvalue weighted by atomic mass is 16.2. The van der Waals surface area contributed by atoms with Crippen molar-refractivity contribution < 1.29 is 4.79 Å². The quantitative estimate of drug-likeness (QED) is 0.608. The zero-order valence-corrected chi connectivity index (χ0v) is 17.2. The van der Waals surface area contributed by atoms with E-state index in [2.05, 4.69) is 5.10 Å². The second-order valence-corrected chi connectivity index (χ2v) is 6.88. The smallest absolute Gasteiger partial charge is 0.285 e. The van der Waals surface area contributed by atoms with Gasteiger partial charge in [-0.2, -0.15) is 10.4 Å². The highest BCUT2D eigenvalue weighted by Gasteiger charge is 2.21. The van der Waals surface area contributed by atoms with Gasteiger partial charge in [-0.3, -0.25) is 9.59 Å². The van der Waals surface area contributed by atoms with E-state index in [1.54, 1.807) is 4.90 Å². The number of aryl methyl sites for hydroxylation is 1. The number of para-hydroxylation sites is 1. The molecule has 1 amide bonds. The first kappa shape index (κ1) is 21.0. The van der Waals surface area contributed by atoms with Gasteiger partial charge >= 0.3 is 0 Å². The van der Waals surface area contributed by atoms with Gasteiger partial charge in [0.25, 0.3) is 5.56 Å². The van der Waals surface area contributed by atoms with Crippen molar-refractivity contribution in [2.75, 3.05) is 4.90 Å². The monoisotopic (exact) mass is 400 g/mol. The van der Waals surface area contributed by atoms with Crippen LogP contribution in [0.15, 0.2) is 65.5 Å². The first-order valence-electron chi connectivity index (χ1n) is 10.0. The van der Waals surface area contributed by atoms with Crippen LogP contribution in [0.1, 0.15) is 36.2 Å². The third-order valence-electron chi connectivity index (χ3n) is 4.98. The molecule has 0 radical (unpaired) electrons. The minimum atomic E-state index is -0.521. The Bertz CT molecular complexity index is 1120. The summed E-state index contributed by atoms with van der Waals surface area (Å²) in [5.74, 6) is -0.269. The van der Waals surface area contributed by atoms with Crippen molar-refractivity contribution in [3.05, 3.63) is 93.4 Å². The molecule has 0 saturated heterocycles. The predicted octanol–water partition coefficient (Wildman–Crippen LogP) is 3.47. The molecule has 0 aliphatic rings. The van der Waals surface area contributed by atoms with Crippen LogP contribution in [0.25, 0.3) is 0 Å². The Hall–Kier alpha value is -3.72. The van der Waals surface area contributed by atoms with E-state index in [4.69, 9.17) is 0 Å². The van der Waals surface area contributed by atoms with Crippen LogP contribution in [0.5, 0.6) is 0 Å². The predicted molar refractivity (Wildman–Crippen MR) is 116 cm³/mol. The molecule has 0 fully saturated rings. The molecule has 0 aliphatic heterocycles. The SMILES string of the molecule is CCc1nn(CC(=O)N(Cc2ccccc2)c2ccccc2)c(=O)c(C#N)c1CC. The van der Waals surface area contributed by atoms with Crippen LogP contribution < -0.4 is 10.5 Å². The number of amides is 1. The van der Waals surface area contributed by atoms with E-state index < -0.39 is 5.56 Å². The Morgan fingerprint density at radius 3 is 2.23 bits per heavy atom. The maximum atomic E-state index is 13.3. The molecule has 0 atom stereocenters. The average molecular weight is 400 g/mol. The van der Waals surface area contributed by atoms with Crippen molar-refractivity contribution in [1.29, 1.82) is 5.26 Å². The first-order valence-corrected chi connectivity index (χ1v) is 10.0. The zero-order chi connectivity index (χ0) is 21.5. The van der Waals surface area contributed by atoms with E-state index >= 15 is 0 Å². The molecule has 152 valence electrons. The first-order chi connectivity index (χ1) is 14.6. The van der Waals surface area contributed by atoms with Gasteiger partial charge in [0.1, 0.15) is 18.2 Å². The molecular formula is C24H24N4O2. The molecule has 1 aromatic heterocycles. The summed E-state index contributed by atoms with van der Waals surface area (Å²) in [5, 5.41) is 13.9.